The van der Waals surface area contributed by atoms with Crippen molar-refractivity contribution in [1.29, 1.82) is 0 Å². The number of benzene rings is 1. The molecule has 0 unspecified atom stereocenters. The molecule has 1 aromatic carbocycles. The average Bonchev–Trinajstić information content (AvgIpc) is 2.46. The molecule has 1 aliphatic rings. The number of halogens is 1. The van der Waals surface area contributed by atoms with Crippen molar-refractivity contribution < 1.29 is 9.59 Å². The van der Waals surface area contributed by atoms with Gasteiger partial charge in [-0.3, -0.25) is 9.59 Å². The SMILES string of the molecule is O=C(CNC(=O)C1CCCCC1)Nc1cccc(Cl)c1. The molecule has 0 aliphatic heterocycles. The fourth-order valence-corrected chi connectivity index (χ4v) is 2.64. The van der Waals surface area contributed by atoms with E-state index in [0.29, 0.717) is 10.7 Å². The molecule has 0 atom stereocenters. The molecule has 0 spiro atoms. The first-order valence-corrected chi connectivity index (χ1v) is 7.36. The maximum Gasteiger partial charge on any atom is 0.243 e. The zero-order chi connectivity index (χ0) is 14.4. The number of rotatable bonds is 4. The number of hydrogen-bond acceptors (Lipinski definition) is 2. The molecule has 0 saturated heterocycles. The maximum atomic E-state index is 11.9. The van der Waals surface area contributed by atoms with Gasteiger partial charge >= 0.3 is 0 Å². The summed E-state index contributed by atoms with van der Waals surface area (Å²) in [5.74, 6) is -0.176. The van der Waals surface area contributed by atoms with Crippen LogP contribution in [-0.2, 0) is 9.59 Å². The highest BCUT2D eigenvalue weighted by Gasteiger charge is 2.21. The van der Waals surface area contributed by atoms with E-state index in [-0.39, 0.29) is 24.3 Å². The van der Waals surface area contributed by atoms with Crippen LogP contribution in [-0.4, -0.2) is 18.4 Å². The Labute approximate surface area is 123 Å². The molecule has 0 bridgehead atoms. The molecule has 1 saturated carbocycles. The fraction of sp³-hybridized carbons (Fsp3) is 0.467. The van der Waals surface area contributed by atoms with Gasteiger partial charge in [-0.1, -0.05) is 36.9 Å². The molecule has 0 radical (unpaired) electrons. The lowest BCUT2D eigenvalue weighted by atomic mass is 9.89. The van der Waals surface area contributed by atoms with Crippen LogP contribution >= 0.6 is 11.6 Å². The van der Waals surface area contributed by atoms with Gasteiger partial charge in [0.15, 0.2) is 0 Å². The molecule has 4 nitrogen and oxygen atoms in total. The quantitative estimate of drug-likeness (QED) is 0.897. The van der Waals surface area contributed by atoms with Crippen LogP contribution in [0.1, 0.15) is 32.1 Å². The van der Waals surface area contributed by atoms with Crippen LogP contribution in [0, 0.1) is 5.92 Å². The van der Waals surface area contributed by atoms with E-state index in [9.17, 15) is 9.59 Å². The lowest BCUT2D eigenvalue weighted by Gasteiger charge is -2.20. The predicted molar refractivity (Wildman–Crippen MR) is 79.7 cm³/mol. The number of carbonyl (C=O) groups is 2. The largest absolute Gasteiger partial charge is 0.347 e. The maximum absolute atomic E-state index is 11.9. The first kappa shape index (κ1) is 14.9. The molecular formula is C15H19ClN2O2. The van der Waals surface area contributed by atoms with Gasteiger partial charge in [0.2, 0.25) is 11.8 Å². The fourth-order valence-electron chi connectivity index (χ4n) is 2.45. The summed E-state index contributed by atoms with van der Waals surface area (Å²) >= 11 is 5.84. The lowest BCUT2D eigenvalue weighted by Crippen LogP contribution is -2.37. The normalized spacial score (nSPS) is 15.7. The van der Waals surface area contributed by atoms with Crippen LogP contribution in [0.5, 0.6) is 0 Å². The third-order valence-electron chi connectivity index (χ3n) is 3.51. The molecule has 0 aromatic heterocycles. The molecule has 1 aliphatic carbocycles. The van der Waals surface area contributed by atoms with Gasteiger partial charge in [0.05, 0.1) is 6.54 Å². The summed E-state index contributed by atoms with van der Waals surface area (Å²) in [5.41, 5.74) is 0.634. The van der Waals surface area contributed by atoms with Crippen LogP contribution in [0.3, 0.4) is 0 Å². The standard InChI is InChI=1S/C15H19ClN2O2/c16-12-7-4-8-13(9-12)18-14(19)10-17-15(20)11-5-2-1-3-6-11/h4,7-9,11H,1-3,5-6,10H2,(H,17,20)(H,18,19). The number of amides is 2. The second-order valence-electron chi connectivity index (χ2n) is 5.11. The number of carbonyl (C=O) groups excluding carboxylic acids is 2. The first-order chi connectivity index (χ1) is 9.65. The van der Waals surface area contributed by atoms with Crippen molar-refractivity contribution in [1.82, 2.24) is 5.32 Å². The molecule has 20 heavy (non-hydrogen) atoms. The summed E-state index contributed by atoms with van der Waals surface area (Å²) in [6.07, 6.45) is 5.28. The Morgan fingerprint density at radius 2 is 1.95 bits per heavy atom. The smallest absolute Gasteiger partial charge is 0.243 e. The van der Waals surface area contributed by atoms with Crippen molar-refractivity contribution in [2.24, 2.45) is 5.92 Å². The third-order valence-corrected chi connectivity index (χ3v) is 3.74. The van der Waals surface area contributed by atoms with Crippen molar-refractivity contribution in [3.63, 3.8) is 0 Å². The molecule has 2 N–H and O–H groups in total. The third kappa shape index (κ3) is 4.53. The van der Waals surface area contributed by atoms with Gasteiger partial charge in [0.1, 0.15) is 0 Å². The van der Waals surface area contributed by atoms with Crippen LogP contribution < -0.4 is 10.6 Å². The van der Waals surface area contributed by atoms with Crippen LogP contribution in [0.2, 0.25) is 5.02 Å². The van der Waals surface area contributed by atoms with Crippen molar-refractivity contribution >= 4 is 29.1 Å². The van der Waals surface area contributed by atoms with Crippen molar-refractivity contribution in [3.05, 3.63) is 29.3 Å². The van der Waals surface area contributed by atoms with E-state index in [1.165, 1.54) is 6.42 Å². The summed E-state index contributed by atoms with van der Waals surface area (Å²) in [6.45, 7) is 0.00183. The predicted octanol–water partition coefficient (Wildman–Crippen LogP) is 2.98. The number of hydrogen-bond donors (Lipinski definition) is 2. The van der Waals surface area contributed by atoms with Crippen molar-refractivity contribution in [3.8, 4) is 0 Å². The van der Waals surface area contributed by atoms with E-state index in [2.05, 4.69) is 10.6 Å². The van der Waals surface area contributed by atoms with E-state index in [1.807, 2.05) is 0 Å². The van der Waals surface area contributed by atoms with E-state index >= 15 is 0 Å². The Morgan fingerprint density at radius 3 is 2.65 bits per heavy atom. The zero-order valence-electron chi connectivity index (χ0n) is 11.3. The summed E-state index contributed by atoms with van der Waals surface area (Å²) in [4.78, 5) is 23.6. The highest BCUT2D eigenvalue weighted by atomic mass is 35.5. The highest BCUT2D eigenvalue weighted by Crippen LogP contribution is 2.23. The minimum atomic E-state index is -0.239. The summed E-state index contributed by atoms with van der Waals surface area (Å²) in [7, 11) is 0. The Hall–Kier alpha value is -1.55. The van der Waals surface area contributed by atoms with E-state index in [0.717, 1.165) is 25.7 Å². The Balaban J connectivity index is 1.75. The minimum absolute atomic E-state index is 0.00183. The second kappa shape index (κ2) is 7.29. The van der Waals surface area contributed by atoms with Gasteiger partial charge in [-0.15, -0.1) is 0 Å². The molecular weight excluding hydrogens is 276 g/mol. The van der Waals surface area contributed by atoms with Crippen LogP contribution in [0.25, 0.3) is 0 Å². The summed E-state index contributed by atoms with van der Waals surface area (Å²) < 4.78 is 0. The number of nitrogens with one attached hydrogen (secondary N) is 2. The summed E-state index contributed by atoms with van der Waals surface area (Å²) in [5, 5.41) is 5.97. The van der Waals surface area contributed by atoms with Gasteiger partial charge < -0.3 is 10.6 Å². The molecule has 0 heterocycles. The zero-order valence-corrected chi connectivity index (χ0v) is 12.1. The monoisotopic (exact) mass is 294 g/mol. The van der Waals surface area contributed by atoms with E-state index < -0.39 is 0 Å². The second-order valence-corrected chi connectivity index (χ2v) is 5.55. The summed E-state index contributed by atoms with van der Waals surface area (Å²) in [6, 6.07) is 6.93. The van der Waals surface area contributed by atoms with Crippen LogP contribution in [0.15, 0.2) is 24.3 Å². The topological polar surface area (TPSA) is 58.2 Å². The molecule has 5 heteroatoms. The molecule has 2 rings (SSSR count). The highest BCUT2D eigenvalue weighted by molar-refractivity contribution is 6.30. The van der Waals surface area contributed by atoms with Gasteiger partial charge in [0, 0.05) is 16.6 Å². The Kier molecular flexibility index (Phi) is 5.41. The Bertz CT molecular complexity index is 485. The Morgan fingerprint density at radius 1 is 1.20 bits per heavy atom. The van der Waals surface area contributed by atoms with Gasteiger partial charge in [-0.25, -0.2) is 0 Å². The van der Waals surface area contributed by atoms with Crippen molar-refractivity contribution in [2.45, 2.75) is 32.1 Å². The molecule has 1 fully saturated rings. The minimum Gasteiger partial charge on any atom is -0.347 e. The van der Waals surface area contributed by atoms with E-state index in [4.69, 9.17) is 11.6 Å². The average molecular weight is 295 g/mol. The van der Waals surface area contributed by atoms with E-state index in [1.54, 1.807) is 24.3 Å². The lowest BCUT2D eigenvalue weighted by molar-refractivity contribution is -0.128. The van der Waals surface area contributed by atoms with Gasteiger partial charge in [0.25, 0.3) is 0 Å². The molecule has 2 amide bonds. The van der Waals surface area contributed by atoms with Gasteiger partial charge in [-0.2, -0.15) is 0 Å². The van der Waals surface area contributed by atoms with Gasteiger partial charge in [-0.05, 0) is 31.0 Å². The molecule has 108 valence electrons. The molecule has 1 aromatic rings. The van der Waals surface area contributed by atoms with Crippen LogP contribution in [0.4, 0.5) is 5.69 Å². The van der Waals surface area contributed by atoms with Crippen molar-refractivity contribution in [2.75, 3.05) is 11.9 Å². The number of anilines is 1. The first-order valence-electron chi connectivity index (χ1n) is 6.98.